The van der Waals surface area contributed by atoms with Gasteiger partial charge < -0.3 is 14.7 Å². The number of fused-ring (bicyclic) bond motifs is 36. The van der Waals surface area contributed by atoms with Crippen LogP contribution in [0.15, 0.2) is 255 Å². The fraction of sp³-hybridized carbons (Fsp3) is 0.121. The lowest BCUT2D eigenvalue weighted by atomic mass is 9.83. The van der Waals surface area contributed by atoms with E-state index in [1.165, 1.54) is 252 Å². The van der Waals surface area contributed by atoms with Gasteiger partial charge in [-0.1, -0.05) is 182 Å². The standard InChI is InChI=1S/3C33H22N2/c1-3-7-24-20(6-1)14-27-26(24)10-12-30-28(27)15-22-17-34-18-23-16-29-31(35(30)33(22)23)11-9-21-13-19-5-2-4-8-25(19)32(21)29;1-3-7-23-20(6-1)16-26-25(23)10-12-30-27(26)18-29-33-22(13-14-34-29)17-28-31(35(30)33)11-9-21-15-19-5-2-4-8-24(19)32(21)28;1-3-7-23-20(6-1)16-26-25(23)10-12-30-27(26)17-22-13-14-34-29-18-28-31(35(30)33(22)29)11-9-21-15-19-5-2-4-8-24(19)32(21)28/h1-12,17-18H,13-16H2;2*1-14H,15-18H2. The van der Waals surface area contributed by atoms with Crippen LogP contribution < -0.4 is 14.7 Å². The van der Waals surface area contributed by atoms with Crippen molar-refractivity contribution in [3.05, 3.63) is 389 Å². The van der Waals surface area contributed by atoms with E-state index in [-0.39, 0.29) is 0 Å². The fourth-order valence-corrected chi connectivity index (χ4v) is 21.5. The molecule has 0 fully saturated rings. The van der Waals surface area contributed by atoms with Gasteiger partial charge in [0.25, 0.3) is 0 Å². The Kier molecular flexibility index (Phi) is 11.5. The lowest BCUT2D eigenvalue weighted by molar-refractivity contribution is 0.949. The largest absolute Gasteiger partial charge is 0.309 e. The van der Waals surface area contributed by atoms with Crippen LogP contribution in [0.4, 0.5) is 51.2 Å². The van der Waals surface area contributed by atoms with Gasteiger partial charge in [0.1, 0.15) is 0 Å². The van der Waals surface area contributed by atoms with Crippen LogP contribution in [-0.4, -0.2) is 15.0 Å². The Hall–Kier alpha value is -12.5. The van der Waals surface area contributed by atoms with Crippen LogP contribution in [0.5, 0.6) is 0 Å². The highest BCUT2D eigenvalue weighted by atomic mass is 15.2. The molecular formula is C99H66N6. The molecule has 3 aromatic heterocycles. The Morgan fingerprint density at radius 3 is 0.886 bits per heavy atom. The summed E-state index contributed by atoms with van der Waals surface area (Å²) in [6.45, 7) is 0. The summed E-state index contributed by atoms with van der Waals surface area (Å²) in [6, 6.07) is 86.4. The lowest BCUT2D eigenvalue weighted by Gasteiger charge is -2.40. The molecule has 9 heterocycles. The Bertz CT molecular complexity index is 5900. The van der Waals surface area contributed by atoms with E-state index in [1.807, 2.05) is 12.4 Å². The van der Waals surface area contributed by atoms with Gasteiger partial charge in [-0.3, -0.25) is 15.0 Å². The SMILES string of the molecule is c1ccc2c(c1)Cc1c-2ccc2c1Cc1ccnc3c1N2c1ccc2c(c1C3)-c1ccccc1C2.c1ccc2c(c1)Cc1c-2ccc2c1Cc1cncc3c1N2c1ccc2c(c1C3)-c1ccccc1C2.c1ccc2c(c1)Cc1c-2ccc2c1Cc1nccc3c1N2c1ccc2c(c1C3)-c1ccccc1C2. The van der Waals surface area contributed by atoms with Gasteiger partial charge in [0, 0.05) is 63.3 Å². The average molecular weight is 1340 g/mol. The maximum Gasteiger partial charge on any atom is 0.0716 e. The molecule has 0 amide bonds. The van der Waals surface area contributed by atoms with Crippen LogP contribution in [0, 0.1) is 0 Å². The number of nitrogens with zero attached hydrogens (tertiary/aromatic N) is 6. The van der Waals surface area contributed by atoms with Crippen LogP contribution >= 0.6 is 0 Å². The third-order valence-electron chi connectivity index (χ3n) is 25.9. The first-order valence-electron chi connectivity index (χ1n) is 37.7. The summed E-state index contributed by atoms with van der Waals surface area (Å²) in [5.41, 5.74) is 63.3. The minimum atomic E-state index is 0.901. The van der Waals surface area contributed by atoms with E-state index < -0.39 is 0 Å². The first kappa shape index (κ1) is 57.1. The summed E-state index contributed by atoms with van der Waals surface area (Å²) < 4.78 is 0. The molecule has 6 aliphatic heterocycles. The zero-order valence-electron chi connectivity index (χ0n) is 57.9. The number of benzene rings is 12. The highest BCUT2D eigenvalue weighted by Gasteiger charge is 2.42. The Labute approximate surface area is 609 Å². The smallest absolute Gasteiger partial charge is 0.0716 e. The maximum absolute atomic E-state index is 4.93. The van der Waals surface area contributed by atoms with Crippen molar-refractivity contribution in [2.75, 3.05) is 14.7 Å². The predicted molar refractivity (Wildman–Crippen MR) is 423 cm³/mol. The van der Waals surface area contributed by atoms with Gasteiger partial charge in [-0.15, -0.1) is 0 Å². The van der Waals surface area contributed by atoms with Gasteiger partial charge in [0.2, 0.25) is 0 Å². The quantitative estimate of drug-likeness (QED) is 0.151. The molecule has 0 saturated carbocycles. The van der Waals surface area contributed by atoms with Crippen molar-refractivity contribution in [2.45, 2.75) is 77.0 Å². The van der Waals surface area contributed by atoms with Crippen molar-refractivity contribution < 1.29 is 0 Å². The lowest BCUT2D eigenvalue weighted by Crippen LogP contribution is -2.26. The number of pyridine rings is 3. The Morgan fingerprint density at radius 1 is 0.190 bits per heavy atom. The van der Waals surface area contributed by atoms with Crippen molar-refractivity contribution in [3.63, 3.8) is 0 Å². The van der Waals surface area contributed by atoms with Crippen molar-refractivity contribution >= 4 is 51.2 Å². The molecular weight excluding hydrogens is 1270 g/mol. The summed E-state index contributed by atoms with van der Waals surface area (Å²) in [7, 11) is 0. The monoisotopic (exact) mass is 1340 g/mol. The normalized spacial score (nSPS) is 14.9. The Balaban J connectivity index is 0.0000000914. The van der Waals surface area contributed by atoms with E-state index in [1.54, 1.807) is 0 Å². The highest BCUT2D eigenvalue weighted by Crippen LogP contribution is 2.61. The summed E-state index contributed by atoms with van der Waals surface area (Å²) in [5, 5.41) is 0. The number of hydrogen-bond acceptors (Lipinski definition) is 6. The highest BCUT2D eigenvalue weighted by molar-refractivity contribution is 6.00. The van der Waals surface area contributed by atoms with Gasteiger partial charge in [-0.25, -0.2) is 0 Å². The summed E-state index contributed by atoms with van der Waals surface area (Å²) in [6.07, 6.45) is 20.1. The second-order valence-corrected chi connectivity index (χ2v) is 31.0. The number of aromatic nitrogens is 3. The van der Waals surface area contributed by atoms with Gasteiger partial charge in [0.05, 0.1) is 62.6 Å². The summed E-state index contributed by atoms with van der Waals surface area (Å²) >= 11 is 0. The zero-order valence-corrected chi connectivity index (χ0v) is 57.9. The predicted octanol–water partition coefficient (Wildman–Crippen LogP) is 22.5. The van der Waals surface area contributed by atoms with Crippen molar-refractivity contribution in [3.8, 4) is 66.8 Å². The molecule has 0 saturated heterocycles. The minimum absolute atomic E-state index is 0.901. The minimum Gasteiger partial charge on any atom is -0.309 e. The van der Waals surface area contributed by atoms with Crippen molar-refractivity contribution in [1.82, 2.24) is 15.0 Å². The summed E-state index contributed by atoms with van der Waals surface area (Å²) in [5.74, 6) is 0. The molecule has 0 N–H and O–H groups in total. The molecule has 0 radical (unpaired) electrons. The van der Waals surface area contributed by atoms with Crippen LogP contribution in [0.25, 0.3) is 66.8 Å². The zero-order chi connectivity index (χ0) is 68.0. The van der Waals surface area contributed by atoms with E-state index in [4.69, 9.17) is 15.0 Å². The third-order valence-corrected chi connectivity index (χ3v) is 25.9. The maximum atomic E-state index is 4.93. The second kappa shape index (κ2) is 21.1. The molecule has 0 atom stereocenters. The van der Waals surface area contributed by atoms with Gasteiger partial charge in [-0.05, 0) is 276 Å². The molecule has 0 bridgehead atoms. The Morgan fingerprint density at radius 2 is 0.476 bits per heavy atom. The molecule has 0 spiro atoms. The van der Waals surface area contributed by atoms with E-state index >= 15 is 0 Å². The van der Waals surface area contributed by atoms with Gasteiger partial charge in [0.15, 0.2) is 0 Å². The van der Waals surface area contributed by atoms with E-state index in [0.29, 0.717) is 0 Å². The van der Waals surface area contributed by atoms with Crippen molar-refractivity contribution in [1.29, 1.82) is 0 Å². The third kappa shape index (κ3) is 7.85. The van der Waals surface area contributed by atoms with E-state index in [0.717, 1.165) is 77.0 Å². The first-order chi connectivity index (χ1) is 52.0. The van der Waals surface area contributed by atoms with Gasteiger partial charge in [-0.2, -0.15) is 0 Å². The molecule has 0 unspecified atom stereocenters. The fourth-order valence-electron chi connectivity index (χ4n) is 21.5. The van der Waals surface area contributed by atoms with Crippen molar-refractivity contribution in [2.24, 2.45) is 0 Å². The van der Waals surface area contributed by atoms with Crippen LogP contribution in [0.3, 0.4) is 0 Å². The molecule has 6 nitrogen and oxygen atoms in total. The molecule has 6 heteroatoms. The first-order valence-corrected chi connectivity index (χ1v) is 37.7. The number of hydrogen-bond donors (Lipinski definition) is 0. The topological polar surface area (TPSA) is 48.4 Å². The van der Waals surface area contributed by atoms with E-state index in [9.17, 15) is 0 Å². The molecule has 27 rings (SSSR count). The molecule has 15 aromatic rings. The van der Waals surface area contributed by atoms with Crippen LogP contribution in [0.2, 0.25) is 0 Å². The van der Waals surface area contributed by atoms with Crippen LogP contribution in [-0.2, 0) is 77.0 Å². The van der Waals surface area contributed by atoms with E-state index in [2.05, 4.69) is 258 Å². The number of anilines is 9. The average Bonchev–Trinajstić information content (AvgIpc) is 0.922. The van der Waals surface area contributed by atoms with Crippen LogP contribution in [0.1, 0.15) is 134 Å². The molecule has 12 aliphatic rings. The van der Waals surface area contributed by atoms with Gasteiger partial charge >= 0.3 is 0 Å². The molecule has 12 aromatic carbocycles. The molecule has 105 heavy (non-hydrogen) atoms. The molecule has 492 valence electrons. The number of rotatable bonds is 0. The summed E-state index contributed by atoms with van der Waals surface area (Å²) in [4.78, 5) is 22.2. The second-order valence-electron chi connectivity index (χ2n) is 31.0. The molecule has 6 aliphatic carbocycles.